The van der Waals surface area contributed by atoms with Crippen molar-refractivity contribution in [1.82, 2.24) is 0 Å². The van der Waals surface area contributed by atoms with Crippen LogP contribution in [0.2, 0.25) is 0 Å². The van der Waals surface area contributed by atoms with Crippen molar-refractivity contribution in [2.24, 2.45) is 0 Å². The number of nitriles is 1. The second kappa shape index (κ2) is 7.57. The number of amides is 1. The van der Waals surface area contributed by atoms with E-state index in [1.807, 2.05) is 35.0 Å². The summed E-state index contributed by atoms with van der Waals surface area (Å²) in [5, 5.41) is 13.1. The van der Waals surface area contributed by atoms with Gasteiger partial charge >= 0.3 is 6.09 Å². The Kier molecular flexibility index (Phi) is 5.13. The third-order valence-electron chi connectivity index (χ3n) is 6.49. The zero-order valence-electron chi connectivity index (χ0n) is 16.4. The first-order valence-electron chi connectivity index (χ1n) is 9.80. The molecule has 2 aromatic rings. The van der Waals surface area contributed by atoms with Crippen LogP contribution in [0.15, 0.2) is 41.1 Å². The fourth-order valence-corrected chi connectivity index (χ4v) is 5.37. The van der Waals surface area contributed by atoms with Crippen LogP contribution in [0.3, 0.4) is 0 Å². The first kappa shape index (κ1) is 19.0. The highest BCUT2D eigenvalue weighted by molar-refractivity contribution is 7.08. The van der Waals surface area contributed by atoms with E-state index in [9.17, 15) is 4.79 Å². The summed E-state index contributed by atoms with van der Waals surface area (Å²) in [7, 11) is 4.61. The highest BCUT2D eigenvalue weighted by Gasteiger charge is 2.50. The molecular formula is C22H26N3O2S+. The quantitative estimate of drug-likeness (QED) is 0.714. The van der Waals surface area contributed by atoms with Crippen molar-refractivity contribution in [3.63, 3.8) is 0 Å². The number of nitrogens with zero attached hydrogens (tertiary/aromatic N) is 3. The van der Waals surface area contributed by atoms with Crippen LogP contribution >= 0.6 is 11.3 Å². The Labute approximate surface area is 170 Å². The third-order valence-corrected chi connectivity index (χ3v) is 7.16. The number of carbonyl (C=O) groups is 1. The predicted molar refractivity (Wildman–Crippen MR) is 110 cm³/mol. The molecule has 2 fully saturated rings. The van der Waals surface area contributed by atoms with Gasteiger partial charge in [-0.05, 0) is 29.1 Å². The molecule has 3 atom stereocenters. The monoisotopic (exact) mass is 396 g/mol. The number of piperidine rings is 1. The molecule has 3 heterocycles. The summed E-state index contributed by atoms with van der Waals surface area (Å²) in [6.45, 7) is 0.395. The maximum atomic E-state index is 13.1. The number of rotatable bonds is 4. The Morgan fingerprint density at radius 3 is 2.68 bits per heavy atom. The lowest BCUT2D eigenvalue weighted by atomic mass is 9.98. The highest BCUT2D eigenvalue weighted by atomic mass is 32.1. The minimum atomic E-state index is -0.294. The Bertz CT molecular complexity index is 871. The van der Waals surface area contributed by atoms with Gasteiger partial charge in [0.2, 0.25) is 0 Å². The molecule has 1 aromatic carbocycles. The van der Waals surface area contributed by atoms with Crippen LogP contribution in [0, 0.1) is 11.3 Å². The SMILES string of the molecule is C[N+]1(C)[C@@H]2CC[C@H]1CC(OC(=O)N(Cc1cccc(C#N)c1)c1ccsc1)C2. The molecule has 1 aromatic heterocycles. The normalized spacial score (nSPS) is 25.1. The molecule has 0 radical (unpaired) electrons. The topological polar surface area (TPSA) is 53.3 Å². The second-order valence-electron chi connectivity index (χ2n) is 8.37. The van der Waals surface area contributed by atoms with Gasteiger partial charge in [0.15, 0.2) is 0 Å². The van der Waals surface area contributed by atoms with Crippen LogP contribution in [-0.2, 0) is 11.3 Å². The van der Waals surface area contributed by atoms with Gasteiger partial charge < -0.3 is 9.22 Å². The maximum absolute atomic E-state index is 13.1. The molecule has 2 aliphatic rings. The van der Waals surface area contributed by atoms with Gasteiger partial charge in [-0.2, -0.15) is 16.6 Å². The van der Waals surface area contributed by atoms with Crippen molar-refractivity contribution in [3.8, 4) is 6.07 Å². The lowest BCUT2D eigenvalue weighted by Crippen LogP contribution is -2.56. The highest BCUT2D eigenvalue weighted by Crippen LogP contribution is 2.40. The Balaban J connectivity index is 1.49. The molecule has 2 bridgehead atoms. The number of thiophene rings is 1. The standard InChI is InChI=1S/C22H26N3O2S/c1-25(2)19-6-7-20(25)12-21(11-19)27-22(26)24(18-8-9-28-15-18)14-17-5-3-4-16(10-17)13-23/h3-5,8-10,15,19-21H,6-7,11-12,14H2,1-2H3/q+1/t19-,20+,21?. The van der Waals surface area contributed by atoms with Gasteiger partial charge in [-0.1, -0.05) is 12.1 Å². The second-order valence-corrected chi connectivity index (χ2v) is 9.15. The minimum Gasteiger partial charge on any atom is -0.445 e. The Morgan fingerprint density at radius 1 is 1.29 bits per heavy atom. The molecule has 2 aliphatic heterocycles. The van der Waals surface area contributed by atoms with Gasteiger partial charge in [0.1, 0.15) is 6.10 Å². The average Bonchev–Trinajstić information content (AvgIpc) is 3.23. The number of anilines is 1. The van der Waals surface area contributed by atoms with Crippen molar-refractivity contribution in [3.05, 3.63) is 52.2 Å². The lowest BCUT2D eigenvalue weighted by Gasteiger charge is -2.44. The van der Waals surface area contributed by atoms with Crippen molar-refractivity contribution >= 4 is 23.1 Å². The van der Waals surface area contributed by atoms with E-state index in [1.165, 1.54) is 12.8 Å². The van der Waals surface area contributed by atoms with Gasteiger partial charge in [-0.3, -0.25) is 4.90 Å². The van der Waals surface area contributed by atoms with Gasteiger partial charge in [-0.15, -0.1) is 0 Å². The number of fused-ring (bicyclic) bond motifs is 2. The maximum Gasteiger partial charge on any atom is 0.414 e. The molecule has 5 nitrogen and oxygen atoms in total. The van der Waals surface area contributed by atoms with E-state index in [0.717, 1.165) is 28.6 Å². The summed E-state index contributed by atoms with van der Waals surface area (Å²) in [5.74, 6) is 0. The minimum absolute atomic E-state index is 0.0114. The number of quaternary nitrogens is 1. The van der Waals surface area contributed by atoms with Gasteiger partial charge in [0, 0.05) is 31.1 Å². The van der Waals surface area contributed by atoms with Crippen LogP contribution in [0.25, 0.3) is 0 Å². The first-order valence-corrected chi connectivity index (χ1v) is 10.7. The van der Waals surface area contributed by atoms with Gasteiger partial charge in [0.25, 0.3) is 0 Å². The summed E-state index contributed by atoms with van der Waals surface area (Å²) >= 11 is 1.56. The summed E-state index contributed by atoms with van der Waals surface area (Å²) < 4.78 is 7.06. The Hall–Kier alpha value is -2.36. The van der Waals surface area contributed by atoms with Crippen LogP contribution in [0.1, 0.15) is 36.8 Å². The molecule has 146 valence electrons. The van der Waals surface area contributed by atoms with E-state index in [-0.39, 0.29) is 12.2 Å². The van der Waals surface area contributed by atoms with E-state index < -0.39 is 0 Å². The molecular weight excluding hydrogens is 370 g/mol. The van der Waals surface area contributed by atoms with Crippen molar-refractivity contribution < 1.29 is 14.0 Å². The summed E-state index contributed by atoms with van der Waals surface area (Å²) in [5.41, 5.74) is 2.36. The number of ether oxygens (including phenoxy) is 1. The number of carbonyl (C=O) groups excluding carboxylic acids is 1. The molecule has 0 N–H and O–H groups in total. The van der Waals surface area contributed by atoms with Crippen LogP contribution in [-0.4, -0.2) is 42.9 Å². The molecule has 4 rings (SSSR count). The summed E-state index contributed by atoms with van der Waals surface area (Å²) in [6.07, 6.45) is 4.02. The smallest absolute Gasteiger partial charge is 0.414 e. The van der Waals surface area contributed by atoms with E-state index in [1.54, 1.807) is 22.3 Å². The number of hydrogen-bond acceptors (Lipinski definition) is 4. The van der Waals surface area contributed by atoms with Crippen molar-refractivity contribution in [2.45, 2.75) is 50.4 Å². The molecule has 2 saturated heterocycles. The van der Waals surface area contributed by atoms with E-state index in [4.69, 9.17) is 10.00 Å². The van der Waals surface area contributed by atoms with E-state index >= 15 is 0 Å². The van der Waals surface area contributed by atoms with Crippen LogP contribution in [0.4, 0.5) is 10.5 Å². The van der Waals surface area contributed by atoms with Crippen molar-refractivity contribution in [1.29, 1.82) is 5.26 Å². The molecule has 0 aliphatic carbocycles. The molecule has 1 amide bonds. The van der Waals surface area contributed by atoms with Crippen LogP contribution in [0.5, 0.6) is 0 Å². The largest absolute Gasteiger partial charge is 0.445 e. The van der Waals surface area contributed by atoms with E-state index in [0.29, 0.717) is 24.2 Å². The number of benzene rings is 1. The first-order chi connectivity index (χ1) is 13.5. The zero-order valence-corrected chi connectivity index (χ0v) is 17.2. The summed E-state index contributed by atoms with van der Waals surface area (Å²) in [6, 6.07) is 12.6. The van der Waals surface area contributed by atoms with Gasteiger partial charge in [-0.25, -0.2) is 4.79 Å². The molecule has 0 spiro atoms. The zero-order chi connectivity index (χ0) is 19.7. The predicted octanol–water partition coefficient (Wildman–Crippen LogP) is 4.53. The molecule has 28 heavy (non-hydrogen) atoms. The van der Waals surface area contributed by atoms with Gasteiger partial charge in [0.05, 0.1) is 50.0 Å². The van der Waals surface area contributed by atoms with E-state index in [2.05, 4.69) is 20.2 Å². The van der Waals surface area contributed by atoms with Crippen molar-refractivity contribution in [2.75, 3.05) is 19.0 Å². The van der Waals surface area contributed by atoms with Crippen LogP contribution < -0.4 is 4.90 Å². The molecule has 6 heteroatoms. The lowest BCUT2D eigenvalue weighted by molar-refractivity contribution is -0.931. The third kappa shape index (κ3) is 3.65. The average molecular weight is 397 g/mol. The number of hydrogen-bond donors (Lipinski definition) is 0. The fraction of sp³-hybridized carbons (Fsp3) is 0.455. The summed E-state index contributed by atoms with van der Waals surface area (Å²) in [4.78, 5) is 14.8. The molecule has 1 unspecified atom stereocenters. The molecule has 0 saturated carbocycles. The fourth-order valence-electron chi connectivity index (χ4n) is 4.73. The Morgan fingerprint density at radius 2 is 2.04 bits per heavy atom.